The van der Waals surface area contributed by atoms with Crippen molar-refractivity contribution in [2.24, 2.45) is 0 Å². The van der Waals surface area contributed by atoms with Gasteiger partial charge < -0.3 is 4.74 Å². The van der Waals surface area contributed by atoms with Crippen LogP contribution in [-0.4, -0.2) is 13.1 Å². The molecule has 0 saturated heterocycles. The Hall–Kier alpha value is -1.24. The maximum Gasteiger partial charge on any atom is 0.310 e. The Kier molecular flexibility index (Phi) is 4.60. The van der Waals surface area contributed by atoms with E-state index < -0.39 is 5.97 Å². The van der Waals surface area contributed by atoms with Crippen LogP contribution in [0.5, 0.6) is 0 Å². The highest BCUT2D eigenvalue weighted by atomic mass is 35.5. The van der Waals surface area contributed by atoms with Crippen molar-refractivity contribution in [3.63, 3.8) is 0 Å². The summed E-state index contributed by atoms with van der Waals surface area (Å²) in [6, 6.07) is 5.18. The molecule has 1 aromatic carbocycles. The van der Waals surface area contributed by atoms with E-state index in [2.05, 4.69) is 4.74 Å². The van der Waals surface area contributed by atoms with Crippen molar-refractivity contribution in [3.05, 3.63) is 33.8 Å². The number of hydrogen-bond acceptors (Lipinski definition) is 3. The van der Waals surface area contributed by atoms with Crippen molar-refractivity contribution < 1.29 is 9.53 Å². The summed E-state index contributed by atoms with van der Waals surface area (Å²) in [5.74, 6) is -0.189. The molecule has 0 unspecified atom stereocenters. The number of halogens is 2. The van der Waals surface area contributed by atoms with Crippen LogP contribution >= 0.6 is 23.2 Å². The zero-order chi connectivity index (χ0) is 12.1. The van der Waals surface area contributed by atoms with Gasteiger partial charge in [-0.3, -0.25) is 4.79 Å². The Morgan fingerprint density at radius 2 is 2.19 bits per heavy atom. The summed E-state index contributed by atoms with van der Waals surface area (Å²) in [6.07, 6.45) is 0.0482. The van der Waals surface area contributed by atoms with E-state index in [0.29, 0.717) is 21.7 Å². The lowest BCUT2D eigenvalue weighted by Crippen LogP contribution is -2.05. The van der Waals surface area contributed by atoms with Gasteiger partial charge in [-0.25, -0.2) is 0 Å². The van der Waals surface area contributed by atoms with Crippen molar-refractivity contribution in [1.82, 2.24) is 0 Å². The number of carbonyl (C=O) groups is 1. The Balaban J connectivity index is 3.12. The zero-order valence-corrected chi connectivity index (χ0v) is 10.1. The van der Waals surface area contributed by atoms with E-state index in [9.17, 15) is 4.79 Å². The lowest BCUT2D eigenvalue weighted by molar-refractivity contribution is -0.139. The summed E-state index contributed by atoms with van der Waals surface area (Å²) in [5.41, 5.74) is 1.65. The Morgan fingerprint density at radius 1 is 1.50 bits per heavy atom. The number of hydrogen-bond donors (Lipinski definition) is 0. The molecule has 0 radical (unpaired) electrons. The summed E-state index contributed by atoms with van der Waals surface area (Å²) in [7, 11) is 1.30. The first-order valence-corrected chi connectivity index (χ1v) is 5.37. The van der Waals surface area contributed by atoms with Crippen molar-refractivity contribution in [1.29, 1.82) is 5.26 Å². The van der Waals surface area contributed by atoms with Crippen molar-refractivity contribution in [2.45, 2.75) is 12.3 Å². The molecule has 0 aliphatic carbocycles. The third-order valence-corrected chi connectivity index (χ3v) is 2.74. The molecule has 0 amide bonds. The molecule has 0 aliphatic heterocycles. The zero-order valence-electron chi connectivity index (χ0n) is 8.59. The number of alkyl halides is 1. The van der Waals surface area contributed by atoms with E-state index in [-0.39, 0.29) is 12.3 Å². The van der Waals surface area contributed by atoms with Crippen LogP contribution < -0.4 is 0 Å². The number of benzene rings is 1. The predicted octanol–water partition coefficient (Wildman–Crippen LogP) is 2.67. The molecular weight excluding hydrogens is 249 g/mol. The van der Waals surface area contributed by atoms with E-state index in [4.69, 9.17) is 28.5 Å². The summed E-state index contributed by atoms with van der Waals surface area (Å²) in [4.78, 5) is 11.1. The molecule has 84 valence electrons. The van der Waals surface area contributed by atoms with E-state index in [1.165, 1.54) is 7.11 Å². The van der Waals surface area contributed by atoms with Crippen LogP contribution in [0.1, 0.15) is 16.7 Å². The molecule has 0 atom stereocenters. The number of nitrogens with zero attached hydrogens (tertiary/aromatic N) is 1. The first kappa shape index (κ1) is 12.8. The Labute approximate surface area is 104 Å². The smallest absolute Gasteiger partial charge is 0.310 e. The van der Waals surface area contributed by atoms with Crippen LogP contribution in [0.4, 0.5) is 0 Å². The van der Waals surface area contributed by atoms with Gasteiger partial charge in [-0.15, -0.1) is 11.6 Å². The Bertz CT molecular complexity index is 452. The standard InChI is InChI=1S/C11H9Cl2NO2/c1-16-11(15)4-7-2-9(6-14)8(5-12)3-10(7)13/h2-3H,4-5H2,1H3. The Morgan fingerprint density at radius 3 is 2.69 bits per heavy atom. The average Bonchev–Trinajstić information content (AvgIpc) is 2.30. The van der Waals surface area contributed by atoms with Crippen LogP contribution in [0, 0.1) is 11.3 Å². The van der Waals surface area contributed by atoms with Crippen molar-refractivity contribution in [2.75, 3.05) is 7.11 Å². The molecule has 0 heterocycles. The number of methoxy groups -OCH3 is 1. The highest BCUT2D eigenvalue weighted by Crippen LogP contribution is 2.23. The number of ether oxygens (including phenoxy) is 1. The normalized spacial score (nSPS) is 9.62. The van der Waals surface area contributed by atoms with Crippen LogP contribution in [-0.2, 0) is 21.8 Å². The molecule has 3 nitrogen and oxygen atoms in total. The number of carbonyl (C=O) groups excluding carboxylic acids is 1. The van der Waals surface area contributed by atoms with Crippen molar-refractivity contribution in [3.8, 4) is 6.07 Å². The minimum Gasteiger partial charge on any atom is -0.469 e. The second kappa shape index (κ2) is 5.74. The van der Waals surface area contributed by atoms with Gasteiger partial charge in [-0.2, -0.15) is 5.26 Å². The van der Waals surface area contributed by atoms with E-state index in [1.807, 2.05) is 6.07 Å². The fraction of sp³-hybridized carbons (Fsp3) is 0.273. The molecule has 0 bridgehead atoms. The van der Waals surface area contributed by atoms with Gasteiger partial charge in [0.05, 0.1) is 25.2 Å². The minimum atomic E-state index is -0.399. The van der Waals surface area contributed by atoms with Crippen LogP contribution in [0.2, 0.25) is 5.02 Å². The lowest BCUT2D eigenvalue weighted by Gasteiger charge is -2.06. The summed E-state index contributed by atoms with van der Waals surface area (Å²) >= 11 is 11.6. The molecule has 0 aromatic heterocycles. The fourth-order valence-electron chi connectivity index (χ4n) is 1.24. The molecule has 16 heavy (non-hydrogen) atoms. The predicted molar refractivity (Wildman–Crippen MR) is 61.4 cm³/mol. The molecule has 0 aliphatic rings. The van der Waals surface area contributed by atoms with E-state index in [1.54, 1.807) is 12.1 Å². The maximum absolute atomic E-state index is 11.1. The second-order valence-corrected chi connectivity index (χ2v) is 3.77. The second-order valence-electron chi connectivity index (χ2n) is 3.10. The highest BCUT2D eigenvalue weighted by Gasteiger charge is 2.11. The molecular formula is C11H9Cl2NO2. The monoisotopic (exact) mass is 257 g/mol. The van der Waals surface area contributed by atoms with Crippen LogP contribution in [0.15, 0.2) is 12.1 Å². The van der Waals surface area contributed by atoms with Gasteiger partial charge in [0, 0.05) is 10.9 Å². The first-order chi connectivity index (χ1) is 7.62. The van der Waals surface area contributed by atoms with Gasteiger partial charge in [0.25, 0.3) is 0 Å². The highest BCUT2D eigenvalue weighted by molar-refractivity contribution is 6.31. The molecule has 0 spiro atoms. The fourth-order valence-corrected chi connectivity index (χ4v) is 1.71. The van der Waals surface area contributed by atoms with Gasteiger partial charge in [0.2, 0.25) is 0 Å². The minimum absolute atomic E-state index is 0.0482. The van der Waals surface area contributed by atoms with Gasteiger partial charge in [-0.05, 0) is 23.3 Å². The molecule has 1 aromatic rings. The molecule has 5 heteroatoms. The molecule has 0 saturated carbocycles. The third-order valence-electron chi connectivity index (χ3n) is 2.10. The number of esters is 1. The van der Waals surface area contributed by atoms with Crippen molar-refractivity contribution >= 4 is 29.2 Å². The van der Waals surface area contributed by atoms with Gasteiger partial charge in [0.15, 0.2) is 0 Å². The van der Waals surface area contributed by atoms with Gasteiger partial charge in [0.1, 0.15) is 0 Å². The lowest BCUT2D eigenvalue weighted by atomic mass is 10.0. The summed E-state index contributed by atoms with van der Waals surface area (Å²) in [6.45, 7) is 0. The molecule has 0 N–H and O–H groups in total. The van der Waals surface area contributed by atoms with Gasteiger partial charge >= 0.3 is 5.97 Å². The average molecular weight is 258 g/mol. The summed E-state index contributed by atoms with van der Waals surface area (Å²) < 4.78 is 4.53. The van der Waals surface area contributed by atoms with Gasteiger partial charge in [-0.1, -0.05) is 11.6 Å². The number of nitriles is 1. The molecule has 0 fully saturated rings. The van der Waals surface area contributed by atoms with Crippen LogP contribution in [0.3, 0.4) is 0 Å². The molecule has 1 rings (SSSR count). The topological polar surface area (TPSA) is 50.1 Å². The summed E-state index contributed by atoms with van der Waals surface area (Å²) in [5, 5.41) is 9.31. The quantitative estimate of drug-likeness (QED) is 0.618. The largest absolute Gasteiger partial charge is 0.469 e. The maximum atomic E-state index is 11.1. The SMILES string of the molecule is COC(=O)Cc1cc(C#N)c(CCl)cc1Cl. The third kappa shape index (κ3) is 2.88. The van der Waals surface area contributed by atoms with E-state index >= 15 is 0 Å². The van der Waals surface area contributed by atoms with E-state index in [0.717, 1.165) is 0 Å². The van der Waals surface area contributed by atoms with Crippen LogP contribution in [0.25, 0.3) is 0 Å². The first-order valence-electron chi connectivity index (χ1n) is 4.46. The number of rotatable bonds is 3.